The molecule has 166 valence electrons. The van der Waals surface area contributed by atoms with Crippen molar-refractivity contribution in [3.63, 3.8) is 0 Å². The van der Waals surface area contributed by atoms with Gasteiger partial charge in [0.25, 0.3) is 0 Å². The minimum Gasteiger partial charge on any atom is -0.496 e. The minimum absolute atomic E-state index is 0.0588. The van der Waals surface area contributed by atoms with Gasteiger partial charge in [-0.15, -0.1) is 0 Å². The van der Waals surface area contributed by atoms with Crippen molar-refractivity contribution in [2.75, 3.05) is 7.11 Å². The molecule has 0 N–H and O–H groups in total. The van der Waals surface area contributed by atoms with Crippen molar-refractivity contribution < 1.29 is 18.5 Å². The summed E-state index contributed by atoms with van der Waals surface area (Å²) in [4.78, 5) is 29.3. The number of fused-ring (bicyclic) bond motifs is 3. The van der Waals surface area contributed by atoms with Crippen LogP contribution >= 0.6 is 0 Å². The van der Waals surface area contributed by atoms with Gasteiger partial charge in [0.15, 0.2) is 11.9 Å². The molecule has 0 aliphatic carbocycles. The average molecular weight is 443 g/mol. The van der Waals surface area contributed by atoms with E-state index in [4.69, 9.17) is 13.7 Å². The molecule has 0 amide bonds. The van der Waals surface area contributed by atoms with Crippen molar-refractivity contribution in [1.29, 1.82) is 0 Å². The van der Waals surface area contributed by atoms with Crippen molar-refractivity contribution >= 4 is 28.3 Å². The quantitative estimate of drug-likeness (QED) is 0.358. The lowest BCUT2D eigenvalue weighted by Crippen LogP contribution is -2.19. The third-order valence-corrected chi connectivity index (χ3v) is 5.97. The number of carbonyl (C=O) groups excluding carboxylic acids is 1. The van der Waals surface area contributed by atoms with Gasteiger partial charge in [0.2, 0.25) is 0 Å². The Bertz CT molecular complexity index is 1560. The van der Waals surface area contributed by atoms with Crippen LogP contribution in [0.2, 0.25) is 0 Å². The second kappa shape index (κ2) is 7.74. The van der Waals surface area contributed by atoms with Crippen LogP contribution in [0, 0.1) is 13.8 Å². The van der Waals surface area contributed by atoms with E-state index in [1.54, 1.807) is 11.7 Å². The topological polar surface area (TPSA) is 100 Å². The Morgan fingerprint density at radius 2 is 1.91 bits per heavy atom. The number of ether oxygens (including phenoxy) is 1. The number of rotatable bonds is 5. The number of oxazole rings is 1. The minimum atomic E-state index is -0.562. The van der Waals surface area contributed by atoms with Gasteiger partial charge in [0.05, 0.1) is 29.9 Å². The maximum atomic E-state index is 13.0. The van der Waals surface area contributed by atoms with E-state index < -0.39 is 5.76 Å². The highest BCUT2D eigenvalue weighted by atomic mass is 16.5. The van der Waals surface area contributed by atoms with Crippen molar-refractivity contribution in [1.82, 2.24) is 14.7 Å². The van der Waals surface area contributed by atoms with E-state index >= 15 is 0 Å². The summed E-state index contributed by atoms with van der Waals surface area (Å²) in [6, 6.07) is 12.9. The molecule has 0 saturated carbocycles. The van der Waals surface area contributed by atoms with Crippen LogP contribution in [-0.4, -0.2) is 28.1 Å². The molecule has 3 heterocycles. The highest BCUT2D eigenvalue weighted by molar-refractivity contribution is 6.08. The van der Waals surface area contributed by atoms with E-state index in [0.717, 1.165) is 16.7 Å². The van der Waals surface area contributed by atoms with Gasteiger partial charge >= 0.3 is 5.76 Å². The Morgan fingerprint density at radius 1 is 1.15 bits per heavy atom. The number of aromatic nitrogens is 3. The SMILES string of the molecule is COc1cc2c(cc1-c1c(C)noc1C)nc(C=O)c1oc(=O)n([C@H](C)c3ccccc3)c12. The van der Waals surface area contributed by atoms with Crippen LogP contribution in [0.1, 0.15) is 40.5 Å². The van der Waals surface area contributed by atoms with Gasteiger partial charge in [-0.1, -0.05) is 35.5 Å². The second-order valence-electron chi connectivity index (χ2n) is 7.89. The number of hydrogen-bond acceptors (Lipinski definition) is 7. The fourth-order valence-electron chi connectivity index (χ4n) is 4.39. The van der Waals surface area contributed by atoms with Crippen LogP contribution in [-0.2, 0) is 0 Å². The van der Waals surface area contributed by atoms with Gasteiger partial charge in [-0.25, -0.2) is 9.78 Å². The van der Waals surface area contributed by atoms with E-state index in [9.17, 15) is 9.59 Å². The molecule has 0 radical (unpaired) electrons. The number of hydrogen-bond donors (Lipinski definition) is 0. The summed E-state index contributed by atoms with van der Waals surface area (Å²) >= 11 is 0. The largest absolute Gasteiger partial charge is 0.496 e. The molecule has 2 aromatic carbocycles. The van der Waals surface area contributed by atoms with E-state index in [2.05, 4.69) is 10.1 Å². The normalized spacial score (nSPS) is 12.4. The van der Waals surface area contributed by atoms with E-state index in [1.165, 1.54) is 0 Å². The van der Waals surface area contributed by atoms with Crippen LogP contribution in [0.4, 0.5) is 0 Å². The molecule has 0 aliphatic rings. The molecule has 0 unspecified atom stereocenters. The molecule has 8 heteroatoms. The summed E-state index contributed by atoms with van der Waals surface area (Å²) in [6.07, 6.45) is 0.599. The summed E-state index contributed by atoms with van der Waals surface area (Å²) in [5.41, 5.74) is 4.39. The molecule has 0 spiro atoms. The Morgan fingerprint density at radius 3 is 2.55 bits per heavy atom. The van der Waals surface area contributed by atoms with E-state index in [1.807, 2.05) is 63.2 Å². The molecule has 5 aromatic rings. The molecule has 3 aromatic heterocycles. The van der Waals surface area contributed by atoms with Crippen molar-refractivity contribution in [3.05, 3.63) is 75.7 Å². The molecule has 0 fully saturated rings. The number of aryl methyl sites for hydroxylation is 2. The van der Waals surface area contributed by atoms with Crippen molar-refractivity contribution in [3.8, 4) is 16.9 Å². The summed E-state index contributed by atoms with van der Waals surface area (Å²) < 4.78 is 18.1. The summed E-state index contributed by atoms with van der Waals surface area (Å²) in [6.45, 7) is 5.58. The third-order valence-electron chi connectivity index (χ3n) is 5.97. The fraction of sp³-hybridized carbons (Fsp3) is 0.200. The van der Waals surface area contributed by atoms with Gasteiger partial charge in [-0.3, -0.25) is 9.36 Å². The lowest BCUT2D eigenvalue weighted by molar-refractivity contribution is 0.112. The molecule has 0 aliphatic heterocycles. The van der Waals surface area contributed by atoms with Crippen LogP contribution in [0.25, 0.3) is 33.1 Å². The molecule has 0 bridgehead atoms. The van der Waals surface area contributed by atoms with Gasteiger partial charge in [-0.2, -0.15) is 0 Å². The first-order valence-electron chi connectivity index (χ1n) is 10.4. The Balaban J connectivity index is 1.89. The average Bonchev–Trinajstić information content (AvgIpc) is 3.35. The number of nitrogens with zero attached hydrogens (tertiary/aromatic N) is 3. The zero-order valence-electron chi connectivity index (χ0n) is 18.6. The number of carbonyl (C=O) groups is 1. The van der Waals surface area contributed by atoms with Crippen molar-refractivity contribution in [2.24, 2.45) is 0 Å². The number of pyridine rings is 1. The van der Waals surface area contributed by atoms with Gasteiger partial charge in [0, 0.05) is 10.9 Å². The molecular weight excluding hydrogens is 422 g/mol. The first-order valence-corrected chi connectivity index (χ1v) is 10.4. The van der Waals surface area contributed by atoms with E-state index in [-0.39, 0.29) is 17.3 Å². The smallest absolute Gasteiger partial charge is 0.420 e. The number of benzene rings is 2. The predicted molar refractivity (Wildman–Crippen MR) is 123 cm³/mol. The summed E-state index contributed by atoms with van der Waals surface area (Å²) in [7, 11) is 1.57. The lowest BCUT2D eigenvalue weighted by atomic mass is 10.00. The summed E-state index contributed by atoms with van der Waals surface area (Å²) in [5.74, 6) is 0.638. The molecular formula is C25H21N3O5. The predicted octanol–water partition coefficient (Wildman–Crippen LogP) is 4.84. The van der Waals surface area contributed by atoms with Gasteiger partial charge < -0.3 is 13.7 Å². The zero-order valence-corrected chi connectivity index (χ0v) is 18.6. The zero-order chi connectivity index (χ0) is 23.3. The molecule has 33 heavy (non-hydrogen) atoms. The Hall–Kier alpha value is -4.20. The highest BCUT2D eigenvalue weighted by Gasteiger charge is 2.25. The first kappa shape index (κ1) is 20.7. The molecule has 8 nitrogen and oxygen atoms in total. The fourth-order valence-corrected chi connectivity index (χ4v) is 4.39. The van der Waals surface area contributed by atoms with E-state index in [0.29, 0.717) is 39.9 Å². The molecule has 1 atom stereocenters. The van der Waals surface area contributed by atoms with Crippen LogP contribution < -0.4 is 10.5 Å². The standard InChI is InChI=1S/C25H21N3O5/c1-13-22(15(3)33-27-13)18-10-19-17(11-21(18)31-4)23-24(20(12-29)26-19)32-25(30)28(23)14(2)16-8-6-5-7-9-16/h5-12,14H,1-4H3/t14-/m1/s1. The second-order valence-corrected chi connectivity index (χ2v) is 7.89. The van der Waals surface area contributed by atoms with Crippen LogP contribution in [0.3, 0.4) is 0 Å². The maximum Gasteiger partial charge on any atom is 0.420 e. The number of methoxy groups -OCH3 is 1. The molecule has 0 saturated heterocycles. The molecule has 5 rings (SSSR count). The third kappa shape index (κ3) is 3.14. The monoisotopic (exact) mass is 443 g/mol. The Kier molecular flexibility index (Phi) is 4.85. The van der Waals surface area contributed by atoms with Crippen molar-refractivity contribution in [2.45, 2.75) is 26.8 Å². The van der Waals surface area contributed by atoms with Gasteiger partial charge in [-0.05, 0) is 38.5 Å². The summed E-state index contributed by atoms with van der Waals surface area (Å²) in [5, 5.41) is 4.67. The first-order chi connectivity index (χ1) is 15.9. The van der Waals surface area contributed by atoms with Crippen LogP contribution in [0.15, 0.2) is 56.2 Å². The van der Waals surface area contributed by atoms with Crippen LogP contribution in [0.5, 0.6) is 5.75 Å². The highest BCUT2D eigenvalue weighted by Crippen LogP contribution is 2.39. The number of aldehydes is 1. The van der Waals surface area contributed by atoms with Gasteiger partial charge in [0.1, 0.15) is 22.7 Å². The Labute approximate surface area is 188 Å². The maximum absolute atomic E-state index is 13.0. The lowest BCUT2D eigenvalue weighted by Gasteiger charge is -2.15.